The highest BCUT2D eigenvalue weighted by Crippen LogP contribution is 2.39. The van der Waals surface area contributed by atoms with Crippen LogP contribution in [-0.2, 0) is 9.53 Å². The van der Waals surface area contributed by atoms with Gasteiger partial charge < -0.3 is 9.84 Å². The summed E-state index contributed by atoms with van der Waals surface area (Å²) in [7, 11) is 0. The molecule has 140 valence electrons. The quantitative estimate of drug-likeness (QED) is 0.611. The molecule has 3 rings (SSSR count). The van der Waals surface area contributed by atoms with Gasteiger partial charge in [0.2, 0.25) is 0 Å². The molecule has 2 aromatic carbocycles. The van der Waals surface area contributed by atoms with Crippen molar-refractivity contribution in [2.24, 2.45) is 0 Å². The van der Waals surface area contributed by atoms with Crippen molar-refractivity contribution in [3.8, 4) is 11.1 Å². The van der Waals surface area contributed by atoms with Crippen LogP contribution in [-0.4, -0.2) is 22.2 Å². The van der Waals surface area contributed by atoms with E-state index >= 15 is 0 Å². The molecule has 1 N–H and O–H groups in total. The molecule has 1 atom stereocenters. The second-order valence-corrected chi connectivity index (χ2v) is 7.36. The monoisotopic (exact) mass is 383 g/mol. The van der Waals surface area contributed by atoms with Gasteiger partial charge in [0.1, 0.15) is 0 Å². The minimum Gasteiger partial charge on any atom is -0.479 e. The van der Waals surface area contributed by atoms with E-state index in [0.717, 1.165) is 27.6 Å². The van der Waals surface area contributed by atoms with E-state index in [-0.39, 0.29) is 6.10 Å². The molecule has 0 spiro atoms. The number of rotatable bonds is 5. The first-order chi connectivity index (χ1) is 12.8. The van der Waals surface area contributed by atoms with E-state index < -0.39 is 12.1 Å². The molecule has 0 saturated heterocycles. The van der Waals surface area contributed by atoms with Crippen molar-refractivity contribution in [2.75, 3.05) is 0 Å². The maximum absolute atomic E-state index is 12.1. The Morgan fingerprint density at radius 3 is 2.52 bits per heavy atom. The molecule has 1 aromatic heterocycles. The second kappa shape index (κ2) is 7.67. The summed E-state index contributed by atoms with van der Waals surface area (Å²) in [5.74, 6) is -1.04. The molecule has 4 nitrogen and oxygen atoms in total. The number of benzene rings is 2. The summed E-state index contributed by atoms with van der Waals surface area (Å²) in [6.45, 7) is 7.47. The molecular formula is C22H22ClNO3. The van der Waals surface area contributed by atoms with Crippen molar-refractivity contribution in [1.29, 1.82) is 0 Å². The first kappa shape index (κ1) is 19.3. The number of hydrogen-bond donors (Lipinski definition) is 1. The Hall–Kier alpha value is -2.43. The average Bonchev–Trinajstić information content (AvgIpc) is 2.59. The number of halogens is 1. The van der Waals surface area contributed by atoms with Gasteiger partial charge in [0, 0.05) is 21.7 Å². The Morgan fingerprint density at radius 2 is 1.89 bits per heavy atom. The number of aryl methyl sites for hydroxylation is 2. The van der Waals surface area contributed by atoms with Gasteiger partial charge in [0.15, 0.2) is 6.10 Å². The standard InChI is InChI=1S/C22H22ClNO3/c1-12(2)27-21(22(25)26)19-14(4)24-18-9-8-16(23)11-17(18)20(19)15-7-5-6-13(3)10-15/h5-12,21H,1-4H3,(H,25,26). The number of nitrogens with zero attached hydrogens (tertiary/aromatic N) is 1. The predicted molar refractivity (Wildman–Crippen MR) is 108 cm³/mol. The van der Waals surface area contributed by atoms with E-state index in [9.17, 15) is 9.90 Å². The maximum atomic E-state index is 12.1. The second-order valence-electron chi connectivity index (χ2n) is 6.92. The van der Waals surface area contributed by atoms with Crippen LogP contribution in [0.2, 0.25) is 5.02 Å². The van der Waals surface area contributed by atoms with Crippen molar-refractivity contribution in [2.45, 2.75) is 39.9 Å². The third kappa shape index (κ3) is 3.97. The van der Waals surface area contributed by atoms with Crippen LogP contribution >= 0.6 is 11.6 Å². The summed E-state index contributed by atoms with van der Waals surface area (Å²) < 4.78 is 5.78. The van der Waals surface area contributed by atoms with E-state index in [0.29, 0.717) is 16.3 Å². The van der Waals surface area contributed by atoms with Crippen LogP contribution in [0.1, 0.15) is 36.8 Å². The average molecular weight is 384 g/mol. The topological polar surface area (TPSA) is 59.4 Å². The van der Waals surface area contributed by atoms with Gasteiger partial charge in [-0.05, 0) is 57.0 Å². The van der Waals surface area contributed by atoms with Gasteiger partial charge in [0.25, 0.3) is 0 Å². The Morgan fingerprint density at radius 1 is 1.15 bits per heavy atom. The first-order valence-corrected chi connectivity index (χ1v) is 9.20. The molecular weight excluding hydrogens is 362 g/mol. The van der Waals surface area contributed by atoms with Crippen LogP contribution in [0.4, 0.5) is 0 Å². The van der Waals surface area contributed by atoms with Crippen LogP contribution in [0, 0.1) is 13.8 Å². The summed E-state index contributed by atoms with van der Waals surface area (Å²) in [5.41, 5.74) is 4.77. The van der Waals surface area contributed by atoms with Gasteiger partial charge >= 0.3 is 5.97 Å². The SMILES string of the molecule is Cc1cccc(-c2c(C(OC(C)C)C(=O)O)c(C)nc3ccc(Cl)cc23)c1. The van der Waals surface area contributed by atoms with Crippen LogP contribution in [0.15, 0.2) is 42.5 Å². The van der Waals surface area contributed by atoms with E-state index in [4.69, 9.17) is 16.3 Å². The zero-order valence-electron chi connectivity index (χ0n) is 15.8. The summed E-state index contributed by atoms with van der Waals surface area (Å²) in [6, 6.07) is 13.4. The summed E-state index contributed by atoms with van der Waals surface area (Å²) >= 11 is 6.25. The molecule has 0 aliphatic heterocycles. The highest BCUT2D eigenvalue weighted by atomic mass is 35.5. The number of carboxylic acid groups (broad SMARTS) is 1. The number of fused-ring (bicyclic) bond motifs is 1. The highest BCUT2D eigenvalue weighted by molar-refractivity contribution is 6.31. The van der Waals surface area contributed by atoms with E-state index in [1.807, 2.05) is 64.1 Å². The predicted octanol–water partition coefficient (Wildman–Crippen LogP) is 5.72. The Kier molecular flexibility index (Phi) is 5.49. The minimum atomic E-state index is -1.11. The lowest BCUT2D eigenvalue weighted by molar-refractivity contribution is -0.153. The number of aromatic nitrogens is 1. The van der Waals surface area contributed by atoms with Crippen molar-refractivity contribution in [3.63, 3.8) is 0 Å². The molecule has 0 fully saturated rings. The minimum absolute atomic E-state index is 0.245. The zero-order valence-corrected chi connectivity index (χ0v) is 16.5. The van der Waals surface area contributed by atoms with Crippen molar-refractivity contribution < 1.29 is 14.6 Å². The largest absolute Gasteiger partial charge is 0.479 e. The van der Waals surface area contributed by atoms with Gasteiger partial charge in [-0.15, -0.1) is 0 Å². The third-order valence-electron chi connectivity index (χ3n) is 4.38. The van der Waals surface area contributed by atoms with E-state index in [2.05, 4.69) is 4.98 Å². The van der Waals surface area contributed by atoms with Crippen LogP contribution in [0.3, 0.4) is 0 Å². The fourth-order valence-corrected chi connectivity index (χ4v) is 3.50. The van der Waals surface area contributed by atoms with Crippen molar-refractivity contribution >= 4 is 28.5 Å². The number of carbonyl (C=O) groups is 1. The van der Waals surface area contributed by atoms with Crippen LogP contribution in [0.5, 0.6) is 0 Å². The van der Waals surface area contributed by atoms with Gasteiger partial charge in [-0.1, -0.05) is 41.4 Å². The lowest BCUT2D eigenvalue weighted by Gasteiger charge is -2.23. The number of ether oxygens (including phenoxy) is 1. The smallest absolute Gasteiger partial charge is 0.337 e. The van der Waals surface area contributed by atoms with E-state index in [1.165, 1.54) is 0 Å². The molecule has 0 amide bonds. The molecule has 1 heterocycles. The molecule has 0 radical (unpaired) electrons. The van der Waals surface area contributed by atoms with Gasteiger partial charge in [-0.25, -0.2) is 4.79 Å². The molecule has 0 bridgehead atoms. The summed E-state index contributed by atoms with van der Waals surface area (Å²) in [5, 5.41) is 11.3. The van der Waals surface area contributed by atoms with Gasteiger partial charge in [-0.2, -0.15) is 0 Å². The Bertz CT molecular complexity index is 1010. The molecule has 3 aromatic rings. The lowest BCUT2D eigenvalue weighted by Crippen LogP contribution is -2.21. The first-order valence-electron chi connectivity index (χ1n) is 8.83. The van der Waals surface area contributed by atoms with Crippen LogP contribution < -0.4 is 0 Å². The fourth-order valence-electron chi connectivity index (χ4n) is 3.33. The molecule has 1 unspecified atom stereocenters. The molecule has 27 heavy (non-hydrogen) atoms. The van der Waals surface area contributed by atoms with Gasteiger partial charge in [-0.3, -0.25) is 4.98 Å². The number of pyridine rings is 1. The number of hydrogen-bond acceptors (Lipinski definition) is 3. The lowest BCUT2D eigenvalue weighted by atomic mass is 9.90. The van der Waals surface area contributed by atoms with Crippen molar-refractivity contribution in [1.82, 2.24) is 4.98 Å². The van der Waals surface area contributed by atoms with E-state index in [1.54, 1.807) is 6.07 Å². The normalized spacial score (nSPS) is 12.5. The zero-order chi connectivity index (χ0) is 19.7. The molecule has 0 aliphatic carbocycles. The Balaban J connectivity index is 2.43. The number of carboxylic acids is 1. The molecule has 0 aliphatic rings. The maximum Gasteiger partial charge on any atom is 0.337 e. The fraction of sp³-hybridized carbons (Fsp3) is 0.273. The van der Waals surface area contributed by atoms with Gasteiger partial charge in [0.05, 0.1) is 11.6 Å². The summed E-state index contributed by atoms with van der Waals surface area (Å²) in [6.07, 6.45) is -1.36. The molecule has 0 saturated carbocycles. The molecule has 5 heteroatoms. The Labute approximate surface area is 163 Å². The highest BCUT2D eigenvalue weighted by Gasteiger charge is 2.29. The number of aliphatic carboxylic acids is 1. The van der Waals surface area contributed by atoms with Crippen molar-refractivity contribution in [3.05, 3.63) is 64.3 Å². The third-order valence-corrected chi connectivity index (χ3v) is 4.61. The summed E-state index contributed by atoms with van der Waals surface area (Å²) in [4.78, 5) is 16.7. The van der Waals surface area contributed by atoms with Crippen LogP contribution in [0.25, 0.3) is 22.0 Å².